The second-order valence-corrected chi connectivity index (χ2v) is 4.71. The zero-order valence-electron chi connectivity index (χ0n) is 11.9. The van der Waals surface area contributed by atoms with E-state index >= 15 is 0 Å². The maximum Gasteiger partial charge on any atom is 0.229 e. The zero-order chi connectivity index (χ0) is 15.2. The van der Waals surface area contributed by atoms with Gasteiger partial charge < -0.3 is 15.7 Å². The van der Waals surface area contributed by atoms with E-state index in [0.29, 0.717) is 17.5 Å². The molecule has 0 spiro atoms. The van der Waals surface area contributed by atoms with Gasteiger partial charge in [-0.25, -0.2) is 4.98 Å². The molecule has 1 heterocycles. The Bertz CT molecular complexity index is 672. The van der Waals surface area contributed by atoms with Crippen LogP contribution in [0, 0.1) is 0 Å². The molecule has 0 radical (unpaired) electrons. The number of aromatic nitrogens is 2. The first-order valence-electron chi connectivity index (χ1n) is 6.96. The summed E-state index contributed by atoms with van der Waals surface area (Å²) >= 11 is 0. The number of nitrogens with zero attached hydrogens (tertiary/aromatic N) is 2. The van der Waals surface area contributed by atoms with Gasteiger partial charge >= 0.3 is 0 Å². The lowest BCUT2D eigenvalue weighted by Crippen LogP contribution is -2.04. The summed E-state index contributed by atoms with van der Waals surface area (Å²) < 4.78 is 0. The van der Waals surface area contributed by atoms with Gasteiger partial charge in [-0.05, 0) is 24.3 Å². The van der Waals surface area contributed by atoms with Gasteiger partial charge in [-0.15, -0.1) is 0 Å². The van der Waals surface area contributed by atoms with Gasteiger partial charge in [0.15, 0.2) is 0 Å². The van der Waals surface area contributed by atoms with Gasteiger partial charge in [-0.3, -0.25) is 0 Å². The third kappa shape index (κ3) is 3.59. The van der Waals surface area contributed by atoms with Gasteiger partial charge in [0.1, 0.15) is 5.82 Å². The molecule has 3 aromatic rings. The summed E-state index contributed by atoms with van der Waals surface area (Å²) in [6.45, 7) is -0.143. The molecule has 0 aliphatic carbocycles. The van der Waals surface area contributed by atoms with E-state index in [9.17, 15) is 5.11 Å². The van der Waals surface area contributed by atoms with Gasteiger partial charge in [0.05, 0.1) is 12.3 Å². The van der Waals surface area contributed by atoms with Crippen molar-refractivity contribution in [2.75, 3.05) is 10.6 Å². The highest BCUT2D eigenvalue weighted by atomic mass is 16.3. The summed E-state index contributed by atoms with van der Waals surface area (Å²) in [6, 6.07) is 21.1. The predicted octanol–water partition coefficient (Wildman–Crippen LogP) is 3.46. The summed E-state index contributed by atoms with van der Waals surface area (Å²) in [5.74, 6) is 1.07. The Morgan fingerprint density at radius 2 is 1.36 bits per heavy atom. The van der Waals surface area contributed by atoms with Gasteiger partial charge in [-0.1, -0.05) is 36.4 Å². The number of aliphatic hydroxyl groups is 1. The summed E-state index contributed by atoms with van der Waals surface area (Å²) in [5.41, 5.74) is 2.37. The molecule has 0 saturated heterocycles. The van der Waals surface area contributed by atoms with E-state index in [1.54, 1.807) is 6.07 Å². The molecule has 0 bridgehead atoms. The molecule has 5 nitrogen and oxygen atoms in total. The molecule has 2 aromatic carbocycles. The van der Waals surface area contributed by atoms with Crippen LogP contribution in [0.2, 0.25) is 0 Å². The SMILES string of the molecule is OCc1cc(Nc2ccccc2)nc(Nc2ccccc2)n1. The number of hydrogen-bond acceptors (Lipinski definition) is 5. The monoisotopic (exact) mass is 292 g/mol. The van der Waals surface area contributed by atoms with E-state index < -0.39 is 0 Å². The van der Waals surface area contributed by atoms with Crippen LogP contribution in [-0.4, -0.2) is 15.1 Å². The van der Waals surface area contributed by atoms with Crippen LogP contribution in [0.15, 0.2) is 66.7 Å². The Labute approximate surface area is 128 Å². The molecule has 1 aromatic heterocycles. The normalized spacial score (nSPS) is 10.2. The number of benzene rings is 2. The van der Waals surface area contributed by atoms with Crippen molar-refractivity contribution in [2.24, 2.45) is 0 Å². The standard InChI is InChI=1S/C17H16N4O/c22-12-15-11-16(18-13-7-3-1-4-8-13)21-17(20-15)19-14-9-5-2-6-10-14/h1-11,22H,12H2,(H2,18,19,20,21). The molecule has 0 amide bonds. The number of anilines is 4. The van der Waals surface area contributed by atoms with E-state index in [4.69, 9.17) is 0 Å². The molecular weight excluding hydrogens is 276 g/mol. The number of para-hydroxylation sites is 2. The highest BCUT2D eigenvalue weighted by molar-refractivity contribution is 5.60. The summed E-state index contributed by atoms with van der Waals surface area (Å²) in [4.78, 5) is 8.70. The van der Waals surface area contributed by atoms with Crippen molar-refractivity contribution in [1.29, 1.82) is 0 Å². The van der Waals surface area contributed by atoms with Crippen molar-refractivity contribution in [3.8, 4) is 0 Å². The number of aliphatic hydroxyl groups excluding tert-OH is 1. The van der Waals surface area contributed by atoms with Crippen LogP contribution in [0.25, 0.3) is 0 Å². The second kappa shape index (κ2) is 6.69. The number of hydrogen-bond donors (Lipinski definition) is 3. The molecule has 0 unspecified atom stereocenters. The fourth-order valence-corrected chi connectivity index (χ4v) is 2.02. The summed E-state index contributed by atoms with van der Waals surface area (Å²) in [6.07, 6.45) is 0. The van der Waals surface area contributed by atoms with Crippen molar-refractivity contribution in [1.82, 2.24) is 9.97 Å². The first kappa shape index (κ1) is 14.0. The number of rotatable bonds is 5. The van der Waals surface area contributed by atoms with Crippen LogP contribution in [0.1, 0.15) is 5.69 Å². The molecule has 0 aliphatic heterocycles. The minimum atomic E-state index is -0.143. The van der Waals surface area contributed by atoms with Crippen LogP contribution < -0.4 is 10.6 Å². The molecule has 0 fully saturated rings. The average molecular weight is 292 g/mol. The third-order valence-corrected chi connectivity index (χ3v) is 3.02. The Hall–Kier alpha value is -2.92. The van der Waals surface area contributed by atoms with Crippen molar-refractivity contribution in [2.45, 2.75) is 6.61 Å². The molecule has 3 N–H and O–H groups in total. The van der Waals surface area contributed by atoms with E-state index in [1.807, 2.05) is 60.7 Å². The fraction of sp³-hybridized carbons (Fsp3) is 0.0588. The largest absolute Gasteiger partial charge is 0.390 e. The van der Waals surface area contributed by atoms with Gasteiger partial charge in [0.2, 0.25) is 5.95 Å². The van der Waals surface area contributed by atoms with Crippen LogP contribution >= 0.6 is 0 Å². The van der Waals surface area contributed by atoms with Crippen molar-refractivity contribution < 1.29 is 5.11 Å². The van der Waals surface area contributed by atoms with Crippen LogP contribution in [-0.2, 0) is 6.61 Å². The molecule has 3 rings (SSSR count). The van der Waals surface area contributed by atoms with E-state index in [0.717, 1.165) is 11.4 Å². The Morgan fingerprint density at radius 1 is 0.773 bits per heavy atom. The molecule has 0 atom stereocenters. The lowest BCUT2D eigenvalue weighted by atomic mass is 10.3. The molecule has 0 saturated carbocycles. The number of nitrogens with one attached hydrogen (secondary N) is 2. The van der Waals surface area contributed by atoms with E-state index in [1.165, 1.54) is 0 Å². The van der Waals surface area contributed by atoms with E-state index in [-0.39, 0.29) is 6.61 Å². The van der Waals surface area contributed by atoms with Crippen LogP contribution in [0.4, 0.5) is 23.1 Å². The first-order valence-corrected chi connectivity index (χ1v) is 6.96. The Kier molecular flexibility index (Phi) is 4.27. The van der Waals surface area contributed by atoms with Crippen LogP contribution in [0.3, 0.4) is 0 Å². The van der Waals surface area contributed by atoms with Crippen molar-refractivity contribution >= 4 is 23.1 Å². The van der Waals surface area contributed by atoms with Gasteiger partial charge in [-0.2, -0.15) is 4.98 Å². The van der Waals surface area contributed by atoms with Crippen molar-refractivity contribution in [3.05, 3.63) is 72.4 Å². The van der Waals surface area contributed by atoms with Gasteiger partial charge in [0, 0.05) is 17.4 Å². The first-order chi connectivity index (χ1) is 10.8. The predicted molar refractivity (Wildman–Crippen MR) is 87.4 cm³/mol. The lowest BCUT2D eigenvalue weighted by molar-refractivity contribution is 0.277. The smallest absolute Gasteiger partial charge is 0.229 e. The molecule has 0 aliphatic rings. The highest BCUT2D eigenvalue weighted by Crippen LogP contribution is 2.19. The third-order valence-electron chi connectivity index (χ3n) is 3.02. The zero-order valence-corrected chi connectivity index (χ0v) is 11.9. The molecule has 5 heteroatoms. The average Bonchev–Trinajstić information content (AvgIpc) is 2.56. The van der Waals surface area contributed by atoms with Crippen molar-refractivity contribution in [3.63, 3.8) is 0 Å². The fourth-order valence-electron chi connectivity index (χ4n) is 2.02. The molecule has 22 heavy (non-hydrogen) atoms. The van der Waals surface area contributed by atoms with E-state index in [2.05, 4.69) is 20.6 Å². The second-order valence-electron chi connectivity index (χ2n) is 4.71. The molecule has 110 valence electrons. The van der Waals surface area contributed by atoms with Gasteiger partial charge in [0.25, 0.3) is 0 Å². The molecular formula is C17H16N4O. The summed E-state index contributed by atoms with van der Waals surface area (Å²) in [7, 11) is 0. The minimum Gasteiger partial charge on any atom is -0.390 e. The maximum atomic E-state index is 9.37. The Balaban J connectivity index is 1.86. The minimum absolute atomic E-state index is 0.143. The summed E-state index contributed by atoms with van der Waals surface area (Å²) in [5, 5.41) is 15.7. The Morgan fingerprint density at radius 3 is 1.95 bits per heavy atom. The highest BCUT2D eigenvalue weighted by Gasteiger charge is 2.05. The van der Waals surface area contributed by atoms with Crippen LogP contribution in [0.5, 0.6) is 0 Å². The maximum absolute atomic E-state index is 9.37. The quantitative estimate of drug-likeness (QED) is 0.672. The lowest BCUT2D eigenvalue weighted by Gasteiger charge is -2.10. The topological polar surface area (TPSA) is 70.1 Å².